The van der Waals surface area contributed by atoms with Crippen molar-refractivity contribution in [1.29, 1.82) is 0 Å². The second-order valence-corrected chi connectivity index (χ2v) is 7.14. The molecule has 1 atom stereocenters. The van der Waals surface area contributed by atoms with Gasteiger partial charge >= 0.3 is 0 Å². The van der Waals surface area contributed by atoms with E-state index in [-0.39, 0.29) is 17.9 Å². The standard InChI is InChI=1S/C18H24ClN3O2/c19-15-4-2-1-3-14(15)11-17(23)21-7-9-22(10-8-21)18(24)12-16(20)13-5-6-13/h1-4,13,16H,5-12,20H2. The van der Waals surface area contributed by atoms with Crippen LogP contribution in [0.3, 0.4) is 0 Å². The molecule has 1 unspecified atom stereocenters. The van der Waals surface area contributed by atoms with Crippen molar-refractivity contribution in [3.8, 4) is 0 Å². The van der Waals surface area contributed by atoms with Crippen molar-refractivity contribution in [3.63, 3.8) is 0 Å². The summed E-state index contributed by atoms with van der Waals surface area (Å²) in [4.78, 5) is 28.3. The fraction of sp³-hybridized carbons (Fsp3) is 0.556. The van der Waals surface area contributed by atoms with Gasteiger partial charge in [-0.15, -0.1) is 0 Å². The Balaban J connectivity index is 1.46. The van der Waals surface area contributed by atoms with Gasteiger partial charge < -0.3 is 15.5 Å². The first-order chi connectivity index (χ1) is 11.5. The Morgan fingerprint density at radius 3 is 2.25 bits per heavy atom. The molecular weight excluding hydrogens is 326 g/mol. The summed E-state index contributed by atoms with van der Waals surface area (Å²) in [5.41, 5.74) is 6.88. The maximum Gasteiger partial charge on any atom is 0.227 e. The van der Waals surface area contributed by atoms with Gasteiger partial charge in [0.05, 0.1) is 6.42 Å². The minimum Gasteiger partial charge on any atom is -0.339 e. The van der Waals surface area contributed by atoms with Gasteiger partial charge in [-0.3, -0.25) is 9.59 Å². The lowest BCUT2D eigenvalue weighted by molar-refractivity contribution is -0.139. The van der Waals surface area contributed by atoms with Crippen molar-refractivity contribution in [2.75, 3.05) is 26.2 Å². The van der Waals surface area contributed by atoms with E-state index in [0.717, 1.165) is 18.4 Å². The molecule has 1 aliphatic heterocycles. The Morgan fingerprint density at radius 2 is 1.67 bits per heavy atom. The third-order valence-electron chi connectivity index (χ3n) is 4.92. The first-order valence-electron chi connectivity index (χ1n) is 8.59. The highest BCUT2D eigenvalue weighted by molar-refractivity contribution is 6.31. The van der Waals surface area contributed by atoms with E-state index in [1.165, 1.54) is 0 Å². The van der Waals surface area contributed by atoms with Crippen LogP contribution in [0.25, 0.3) is 0 Å². The molecule has 2 fully saturated rings. The van der Waals surface area contributed by atoms with Crippen LogP contribution >= 0.6 is 11.6 Å². The molecule has 3 rings (SSSR count). The zero-order valence-corrected chi connectivity index (χ0v) is 14.5. The van der Waals surface area contributed by atoms with Gasteiger partial charge in [-0.2, -0.15) is 0 Å². The number of benzene rings is 1. The highest BCUT2D eigenvalue weighted by Gasteiger charge is 2.32. The molecule has 2 N–H and O–H groups in total. The van der Waals surface area contributed by atoms with Gasteiger partial charge in [0.15, 0.2) is 0 Å². The van der Waals surface area contributed by atoms with Crippen LogP contribution < -0.4 is 5.73 Å². The lowest BCUT2D eigenvalue weighted by atomic mass is 10.1. The van der Waals surface area contributed by atoms with Gasteiger partial charge in [-0.05, 0) is 30.4 Å². The van der Waals surface area contributed by atoms with E-state index >= 15 is 0 Å². The number of halogens is 1. The van der Waals surface area contributed by atoms with Crippen molar-refractivity contribution in [2.45, 2.75) is 31.7 Å². The number of nitrogens with two attached hydrogens (primary N) is 1. The van der Waals surface area contributed by atoms with Crippen LogP contribution in [0.4, 0.5) is 0 Å². The molecule has 6 heteroatoms. The fourth-order valence-electron chi connectivity index (χ4n) is 3.14. The summed E-state index contributed by atoms with van der Waals surface area (Å²) in [7, 11) is 0. The molecule has 130 valence electrons. The number of hydrogen-bond acceptors (Lipinski definition) is 3. The normalized spacial score (nSPS) is 19.2. The number of rotatable bonds is 5. The lowest BCUT2D eigenvalue weighted by Gasteiger charge is -2.35. The maximum atomic E-state index is 12.4. The molecule has 0 radical (unpaired) electrons. The lowest BCUT2D eigenvalue weighted by Crippen LogP contribution is -2.51. The smallest absolute Gasteiger partial charge is 0.227 e. The van der Waals surface area contributed by atoms with Crippen molar-refractivity contribution < 1.29 is 9.59 Å². The van der Waals surface area contributed by atoms with Crippen molar-refractivity contribution in [1.82, 2.24) is 9.80 Å². The minimum absolute atomic E-state index is 0.00242. The maximum absolute atomic E-state index is 12.4. The molecule has 5 nitrogen and oxygen atoms in total. The van der Waals surface area contributed by atoms with Gasteiger partial charge in [0, 0.05) is 43.7 Å². The van der Waals surface area contributed by atoms with Crippen LogP contribution in [0.15, 0.2) is 24.3 Å². The highest BCUT2D eigenvalue weighted by Crippen LogP contribution is 2.33. The van der Waals surface area contributed by atoms with Gasteiger partial charge in [-0.25, -0.2) is 0 Å². The summed E-state index contributed by atoms with van der Waals surface area (Å²) in [6.45, 7) is 2.33. The zero-order chi connectivity index (χ0) is 17.1. The second kappa shape index (κ2) is 7.53. The molecule has 0 bridgehead atoms. The molecule has 24 heavy (non-hydrogen) atoms. The average molecular weight is 350 g/mol. The summed E-state index contributed by atoms with van der Waals surface area (Å²) in [5.74, 6) is 0.713. The van der Waals surface area contributed by atoms with E-state index in [2.05, 4.69) is 0 Å². The van der Waals surface area contributed by atoms with E-state index in [9.17, 15) is 9.59 Å². The molecule has 2 aliphatic rings. The largest absolute Gasteiger partial charge is 0.339 e. The third kappa shape index (κ3) is 4.28. The minimum atomic E-state index is -0.00242. The Labute approximate surface area is 147 Å². The van der Waals surface area contributed by atoms with E-state index in [4.69, 9.17) is 17.3 Å². The van der Waals surface area contributed by atoms with Gasteiger partial charge in [-0.1, -0.05) is 29.8 Å². The molecule has 1 aromatic carbocycles. The number of amides is 2. The molecular formula is C18H24ClN3O2. The molecule has 1 heterocycles. The molecule has 1 saturated heterocycles. The molecule has 2 amide bonds. The van der Waals surface area contributed by atoms with Gasteiger partial charge in [0.25, 0.3) is 0 Å². The van der Waals surface area contributed by atoms with Crippen LogP contribution in [0.1, 0.15) is 24.8 Å². The van der Waals surface area contributed by atoms with Crippen molar-refractivity contribution >= 4 is 23.4 Å². The van der Waals surface area contributed by atoms with Crippen molar-refractivity contribution in [2.24, 2.45) is 11.7 Å². The summed E-state index contributed by atoms with van der Waals surface area (Å²) in [6.07, 6.45) is 3.04. The predicted molar refractivity (Wildman–Crippen MR) is 93.6 cm³/mol. The van der Waals surface area contributed by atoms with Crippen LogP contribution in [0, 0.1) is 5.92 Å². The van der Waals surface area contributed by atoms with Crippen LogP contribution in [-0.2, 0) is 16.0 Å². The average Bonchev–Trinajstić information content (AvgIpc) is 3.42. The topological polar surface area (TPSA) is 66.6 Å². The summed E-state index contributed by atoms with van der Waals surface area (Å²) in [6, 6.07) is 7.40. The van der Waals surface area contributed by atoms with Gasteiger partial charge in [0.1, 0.15) is 0 Å². The zero-order valence-electron chi connectivity index (χ0n) is 13.8. The Hall–Kier alpha value is -1.59. The van der Waals surface area contributed by atoms with E-state index in [1.54, 1.807) is 6.07 Å². The number of carbonyl (C=O) groups is 2. The Morgan fingerprint density at radius 1 is 1.08 bits per heavy atom. The van der Waals surface area contributed by atoms with Crippen LogP contribution in [0.2, 0.25) is 5.02 Å². The number of carbonyl (C=O) groups excluding carboxylic acids is 2. The number of nitrogens with zero attached hydrogens (tertiary/aromatic N) is 2. The Kier molecular flexibility index (Phi) is 5.41. The third-order valence-corrected chi connectivity index (χ3v) is 5.29. The molecule has 1 saturated carbocycles. The van der Waals surface area contributed by atoms with E-state index < -0.39 is 0 Å². The van der Waals surface area contributed by atoms with Gasteiger partial charge in [0.2, 0.25) is 11.8 Å². The quantitative estimate of drug-likeness (QED) is 0.879. The van der Waals surface area contributed by atoms with E-state index in [0.29, 0.717) is 50.0 Å². The van der Waals surface area contributed by atoms with Crippen LogP contribution in [-0.4, -0.2) is 53.8 Å². The first-order valence-corrected chi connectivity index (χ1v) is 8.97. The monoisotopic (exact) mass is 349 g/mol. The molecule has 1 aromatic rings. The summed E-state index contributed by atoms with van der Waals surface area (Å²) >= 11 is 6.12. The van der Waals surface area contributed by atoms with E-state index in [1.807, 2.05) is 28.0 Å². The molecule has 0 aromatic heterocycles. The first kappa shape index (κ1) is 17.2. The Bertz CT molecular complexity index is 610. The van der Waals surface area contributed by atoms with Crippen molar-refractivity contribution in [3.05, 3.63) is 34.9 Å². The number of hydrogen-bond donors (Lipinski definition) is 1. The highest BCUT2D eigenvalue weighted by atomic mass is 35.5. The SMILES string of the molecule is NC(CC(=O)N1CCN(C(=O)Cc2ccccc2Cl)CC1)C1CC1. The molecule has 1 aliphatic carbocycles. The predicted octanol–water partition coefficient (Wildman–Crippen LogP) is 1.68. The summed E-state index contributed by atoms with van der Waals surface area (Å²) < 4.78 is 0. The fourth-order valence-corrected chi connectivity index (χ4v) is 3.35. The number of piperazine rings is 1. The van der Waals surface area contributed by atoms with Crippen LogP contribution in [0.5, 0.6) is 0 Å². The second-order valence-electron chi connectivity index (χ2n) is 6.74. The summed E-state index contributed by atoms with van der Waals surface area (Å²) in [5, 5.41) is 0.619. The molecule has 0 spiro atoms.